The summed E-state index contributed by atoms with van der Waals surface area (Å²) in [6.07, 6.45) is 21.3. The largest absolute Gasteiger partial charge is 0.0654 e. The fourth-order valence-electron chi connectivity index (χ4n) is 4.56. The first kappa shape index (κ1) is 13.4. The predicted molar refractivity (Wildman–Crippen MR) is 76.2 cm³/mol. The van der Waals surface area contributed by atoms with E-state index in [4.69, 9.17) is 0 Å². The molecule has 100 valence electrons. The lowest BCUT2D eigenvalue weighted by Gasteiger charge is -2.46. The van der Waals surface area contributed by atoms with E-state index in [-0.39, 0.29) is 0 Å². The SMILES string of the molecule is CCCCCC1(C2CCCCC2)CCCCC1. The Bertz CT molecular complexity index is 194. The van der Waals surface area contributed by atoms with Crippen molar-refractivity contribution in [3.63, 3.8) is 0 Å². The molecule has 0 aromatic rings. The van der Waals surface area contributed by atoms with E-state index in [1.54, 1.807) is 32.1 Å². The predicted octanol–water partition coefficient (Wildman–Crippen LogP) is 6.10. The second-order valence-electron chi connectivity index (χ2n) is 6.72. The number of hydrogen-bond acceptors (Lipinski definition) is 0. The van der Waals surface area contributed by atoms with Gasteiger partial charge in [0.05, 0.1) is 0 Å². The van der Waals surface area contributed by atoms with Crippen LogP contribution in [0.4, 0.5) is 0 Å². The Morgan fingerprint density at radius 1 is 0.824 bits per heavy atom. The Morgan fingerprint density at radius 2 is 1.47 bits per heavy atom. The topological polar surface area (TPSA) is 0 Å². The highest BCUT2D eigenvalue weighted by Crippen LogP contribution is 2.51. The van der Waals surface area contributed by atoms with Crippen LogP contribution in [0.15, 0.2) is 0 Å². The Labute approximate surface area is 109 Å². The van der Waals surface area contributed by atoms with Crippen molar-refractivity contribution in [2.75, 3.05) is 0 Å². The van der Waals surface area contributed by atoms with Gasteiger partial charge in [0.1, 0.15) is 0 Å². The molecule has 0 atom stereocenters. The van der Waals surface area contributed by atoms with Gasteiger partial charge in [-0.25, -0.2) is 0 Å². The molecule has 0 heterocycles. The monoisotopic (exact) mass is 236 g/mol. The van der Waals surface area contributed by atoms with Crippen molar-refractivity contribution in [1.82, 2.24) is 0 Å². The van der Waals surface area contributed by atoms with Crippen LogP contribution >= 0.6 is 0 Å². The first-order valence-corrected chi connectivity index (χ1v) is 8.37. The average molecular weight is 236 g/mol. The summed E-state index contributed by atoms with van der Waals surface area (Å²) in [5.41, 5.74) is 0.799. The van der Waals surface area contributed by atoms with Crippen molar-refractivity contribution in [1.29, 1.82) is 0 Å². The van der Waals surface area contributed by atoms with Gasteiger partial charge in [-0.05, 0) is 43.4 Å². The van der Waals surface area contributed by atoms with Crippen LogP contribution in [0.5, 0.6) is 0 Å². The molecule has 0 saturated heterocycles. The van der Waals surface area contributed by atoms with Crippen molar-refractivity contribution in [3.8, 4) is 0 Å². The maximum absolute atomic E-state index is 2.34. The number of hydrogen-bond donors (Lipinski definition) is 0. The smallest absolute Gasteiger partial charge is 0.0269 e. The van der Waals surface area contributed by atoms with E-state index in [1.807, 2.05) is 0 Å². The van der Waals surface area contributed by atoms with Gasteiger partial charge in [-0.2, -0.15) is 0 Å². The first-order valence-electron chi connectivity index (χ1n) is 8.37. The Hall–Kier alpha value is 0. The maximum Gasteiger partial charge on any atom is -0.0269 e. The van der Waals surface area contributed by atoms with Gasteiger partial charge in [-0.1, -0.05) is 64.7 Å². The van der Waals surface area contributed by atoms with Crippen molar-refractivity contribution < 1.29 is 0 Å². The Balaban J connectivity index is 1.94. The molecule has 2 rings (SSSR count). The second-order valence-corrected chi connectivity index (χ2v) is 6.72. The number of rotatable bonds is 5. The minimum Gasteiger partial charge on any atom is -0.0654 e. The summed E-state index contributed by atoms with van der Waals surface area (Å²) in [6, 6.07) is 0. The summed E-state index contributed by atoms with van der Waals surface area (Å²) in [7, 11) is 0. The zero-order valence-corrected chi connectivity index (χ0v) is 12.0. The molecule has 0 radical (unpaired) electrons. The van der Waals surface area contributed by atoms with Gasteiger partial charge >= 0.3 is 0 Å². The molecular weight excluding hydrogens is 204 g/mol. The van der Waals surface area contributed by atoms with Gasteiger partial charge in [-0.15, -0.1) is 0 Å². The summed E-state index contributed by atoms with van der Waals surface area (Å²) in [6.45, 7) is 2.34. The Morgan fingerprint density at radius 3 is 2.12 bits per heavy atom. The molecule has 2 saturated carbocycles. The number of unbranched alkanes of at least 4 members (excludes halogenated alkanes) is 2. The molecule has 0 aromatic heterocycles. The van der Waals surface area contributed by atoms with Gasteiger partial charge in [-0.3, -0.25) is 0 Å². The van der Waals surface area contributed by atoms with E-state index in [0.29, 0.717) is 0 Å². The molecule has 0 nitrogen and oxygen atoms in total. The van der Waals surface area contributed by atoms with Crippen LogP contribution < -0.4 is 0 Å². The van der Waals surface area contributed by atoms with E-state index < -0.39 is 0 Å². The third-order valence-corrected chi connectivity index (χ3v) is 5.60. The summed E-state index contributed by atoms with van der Waals surface area (Å²) in [4.78, 5) is 0. The summed E-state index contributed by atoms with van der Waals surface area (Å²) in [5, 5.41) is 0. The zero-order valence-electron chi connectivity index (χ0n) is 12.0. The molecule has 0 aromatic carbocycles. The van der Waals surface area contributed by atoms with Gasteiger partial charge in [0.25, 0.3) is 0 Å². The molecule has 0 unspecified atom stereocenters. The molecule has 2 fully saturated rings. The normalized spacial score (nSPS) is 25.9. The Kier molecular flexibility index (Phi) is 5.38. The van der Waals surface area contributed by atoms with E-state index in [1.165, 1.54) is 57.8 Å². The molecule has 0 bridgehead atoms. The van der Waals surface area contributed by atoms with Crippen LogP contribution in [0.3, 0.4) is 0 Å². The van der Waals surface area contributed by atoms with Crippen LogP contribution in [-0.4, -0.2) is 0 Å². The summed E-state index contributed by atoms with van der Waals surface area (Å²) < 4.78 is 0. The van der Waals surface area contributed by atoms with Crippen molar-refractivity contribution >= 4 is 0 Å². The molecule has 0 N–H and O–H groups in total. The quantitative estimate of drug-likeness (QED) is 0.506. The lowest BCUT2D eigenvalue weighted by Crippen LogP contribution is -2.34. The second kappa shape index (κ2) is 6.81. The van der Waals surface area contributed by atoms with Gasteiger partial charge in [0.15, 0.2) is 0 Å². The minimum atomic E-state index is 0.799. The zero-order chi connectivity index (χ0) is 12.0. The van der Waals surface area contributed by atoms with E-state index >= 15 is 0 Å². The lowest BCUT2D eigenvalue weighted by atomic mass is 9.60. The molecule has 0 spiro atoms. The van der Waals surface area contributed by atoms with Crippen molar-refractivity contribution in [2.45, 2.75) is 96.8 Å². The molecule has 2 aliphatic carbocycles. The summed E-state index contributed by atoms with van der Waals surface area (Å²) >= 11 is 0. The van der Waals surface area contributed by atoms with Crippen LogP contribution in [0.2, 0.25) is 0 Å². The lowest BCUT2D eigenvalue weighted by molar-refractivity contribution is 0.0547. The van der Waals surface area contributed by atoms with Gasteiger partial charge in [0.2, 0.25) is 0 Å². The highest BCUT2D eigenvalue weighted by atomic mass is 14.4. The third-order valence-electron chi connectivity index (χ3n) is 5.60. The first-order chi connectivity index (χ1) is 8.37. The third kappa shape index (κ3) is 3.48. The van der Waals surface area contributed by atoms with Crippen molar-refractivity contribution in [3.05, 3.63) is 0 Å². The minimum absolute atomic E-state index is 0.799. The van der Waals surface area contributed by atoms with Gasteiger partial charge in [0, 0.05) is 0 Å². The van der Waals surface area contributed by atoms with Crippen LogP contribution in [0, 0.1) is 11.3 Å². The molecule has 0 amide bonds. The highest BCUT2D eigenvalue weighted by Gasteiger charge is 2.39. The highest BCUT2D eigenvalue weighted by molar-refractivity contribution is 4.90. The van der Waals surface area contributed by atoms with E-state index in [9.17, 15) is 0 Å². The van der Waals surface area contributed by atoms with Crippen LogP contribution in [-0.2, 0) is 0 Å². The standard InChI is InChI=1S/C17H32/c1-2-3-8-13-17(14-9-5-10-15-17)16-11-6-4-7-12-16/h16H,2-15H2,1H3. The van der Waals surface area contributed by atoms with E-state index in [2.05, 4.69) is 6.92 Å². The fraction of sp³-hybridized carbons (Fsp3) is 1.00. The van der Waals surface area contributed by atoms with Crippen molar-refractivity contribution in [2.24, 2.45) is 11.3 Å². The molecule has 0 aliphatic heterocycles. The van der Waals surface area contributed by atoms with E-state index in [0.717, 1.165) is 11.3 Å². The summed E-state index contributed by atoms with van der Waals surface area (Å²) in [5.74, 6) is 1.11. The van der Waals surface area contributed by atoms with Crippen LogP contribution in [0.1, 0.15) is 96.8 Å². The van der Waals surface area contributed by atoms with Crippen LogP contribution in [0.25, 0.3) is 0 Å². The molecule has 0 heteroatoms. The van der Waals surface area contributed by atoms with Gasteiger partial charge < -0.3 is 0 Å². The maximum atomic E-state index is 2.34. The fourth-order valence-corrected chi connectivity index (χ4v) is 4.56. The molecule has 17 heavy (non-hydrogen) atoms. The molecule has 2 aliphatic rings. The average Bonchev–Trinajstić information content (AvgIpc) is 2.41. The molecular formula is C17H32.